The van der Waals surface area contributed by atoms with E-state index in [1.807, 2.05) is 18.2 Å². The highest BCUT2D eigenvalue weighted by Crippen LogP contribution is 2.27. The monoisotopic (exact) mass is 344 g/mol. The van der Waals surface area contributed by atoms with Crippen LogP contribution in [0.1, 0.15) is 5.56 Å². The molecule has 1 fully saturated rings. The Labute approximate surface area is 144 Å². The van der Waals surface area contributed by atoms with Crippen LogP contribution in [0.4, 0.5) is 5.69 Å². The number of nitrogens with zero attached hydrogens (tertiary/aromatic N) is 1. The molecule has 0 unspecified atom stereocenters. The van der Waals surface area contributed by atoms with E-state index in [9.17, 15) is 4.79 Å². The second kappa shape index (κ2) is 6.40. The number of carbonyl (C=O) groups excluding carboxylic acids is 1. The molecule has 1 aliphatic rings. The lowest BCUT2D eigenvalue weighted by molar-refractivity contribution is -0.113. The van der Waals surface area contributed by atoms with Crippen LogP contribution in [0.2, 0.25) is 5.02 Å². The zero-order valence-electron chi connectivity index (χ0n) is 12.2. The van der Waals surface area contributed by atoms with Crippen LogP contribution in [0.25, 0.3) is 6.08 Å². The van der Waals surface area contributed by atoms with Gasteiger partial charge < -0.3 is 10.1 Å². The Balaban J connectivity index is 1.95. The summed E-state index contributed by atoms with van der Waals surface area (Å²) in [5.74, 6) is 0.421. The van der Waals surface area contributed by atoms with Gasteiger partial charge in [0, 0.05) is 11.1 Å². The van der Waals surface area contributed by atoms with Crippen molar-refractivity contribution in [2.24, 2.45) is 0 Å². The Morgan fingerprint density at radius 2 is 2.00 bits per heavy atom. The molecule has 0 bridgehead atoms. The predicted octanol–water partition coefficient (Wildman–Crippen LogP) is 3.61. The van der Waals surface area contributed by atoms with Crippen molar-refractivity contribution in [2.75, 3.05) is 12.0 Å². The van der Waals surface area contributed by atoms with E-state index in [0.717, 1.165) is 5.56 Å². The number of amides is 1. The summed E-state index contributed by atoms with van der Waals surface area (Å²) in [5, 5.41) is 3.83. The highest BCUT2D eigenvalue weighted by Gasteiger charge is 2.32. The standard InChI is InChI=1S/C17H13ClN2O2S/c1-22-13-7-4-6-12(10-13)20-16(21)15(19-17(20)23)9-11-5-2-3-8-14(11)18/h2-10H,1H3,(H,19,23)/b15-9-. The minimum atomic E-state index is -0.233. The van der Waals surface area contributed by atoms with Crippen molar-refractivity contribution in [3.05, 3.63) is 64.8 Å². The van der Waals surface area contributed by atoms with E-state index in [-0.39, 0.29) is 5.91 Å². The lowest BCUT2D eigenvalue weighted by atomic mass is 10.2. The summed E-state index contributed by atoms with van der Waals surface area (Å²) >= 11 is 11.4. The number of benzene rings is 2. The van der Waals surface area contributed by atoms with Gasteiger partial charge >= 0.3 is 0 Å². The Bertz CT molecular complexity index is 820. The van der Waals surface area contributed by atoms with Crippen molar-refractivity contribution < 1.29 is 9.53 Å². The van der Waals surface area contributed by atoms with E-state index < -0.39 is 0 Å². The molecular weight excluding hydrogens is 332 g/mol. The van der Waals surface area contributed by atoms with Gasteiger partial charge in [-0.3, -0.25) is 9.69 Å². The summed E-state index contributed by atoms with van der Waals surface area (Å²) in [5.41, 5.74) is 1.78. The van der Waals surface area contributed by atoms with Gasteiger partial charge in [-0.1, -0.05) is 35.9 Å². The van der Waals surface area contributed by atoms with Crippen molar-refractivity contribution in [3.8, 4) is 5.75 Å². The summed E-state index contributed by atoms with van der Waals surface area (Å²) in [6.07, 6.45) is 1.69. The minimum Gasteiger partial charge on any atom is -0.497 e. The van der Waals surface area contributed by atoms with Crippen molar-refractivity contribution in [2.45, 2.75) is 0 Å². The van der Waals surface area contributed by atoms with Crippen LogP contribution >= 0.6 is 23.8 Å². The Kier molecular flexibility index (Phi) is 4.32. The van der Waals surface area contributed by atoms with Crippen molar-refractivity contribution in [1.29, 1.82) is 0 Å². The SMILES string of the molecule is COc1cccc(N2C(=O)/C(=C/c3ccccc3Cl)NC2=S)c1. The molecule has 0 spiro atoms. The lowest BCUT2D eigenvalue weighted by Crippen LogP contribution is -2.30. The topological polar surface area (TPSA) is 41.6 Å². The zero-order chi connectivity index (χ0) is 16.4. The number of ether oxygens (including phenoxy) is 1. The van der Waals surface area contributed by atoms with Gasteiger partial charge in [-0.25, -0.2) is 0 Å². The van der Waals surface area contributed by atoms with Crippen LogP contribution in [0.15, 0.2) is 54.2 Å². The number of anilines is 1. The maximum atomic E-state index is 12.7. The summed E-state index contributed by atoms with van der Waals surface area (Å²) in [6, 6.07) is 14.5. The second-order valence-electron chi connectivity index (χ2n) is 4.85. The van der Waals surface area contributed by atoms with E-state index in [1.54, 1.807) is 43.5 Å². The summed E-state index contributed by atoms with van der Waals surface area (Å²) in [4.78, 5) is 14.1. The quantitative estimate of drug-likeness (QED) is 0.682. The van der Waals surface area contributed by atoms with Crippen molar-refractivity contribution >= 4 is 46.6 Å². The maximum Gasteiger partial charge on any atom is 0.281 e. The molecule has 1 heterocycles. The third kappa shape index (κ3) is 3.06. The largest absolute Gasteiger partial charge is 0.497 e. The lowest BCUT2D eigenvalue weighted by Gasteiger charge is -2.14. The molecule has 2 aromatic carbocycles. The van der Waals surface area contributed by atoms with Crippen LogP contribution in [-0.4, -0.2) is 18.1 Å². The first-order valence-electron chi connectivity index (χ1n) is 6.86. The molecule has 116 valence electrons. The van der Waals surface area contributed by atoms with Gasteiger partial charge in [0.05, 0.1) is 12.8 Å². The molecule has 23 heavy (non-hydrogen) atoms. The summed E-state index contributed by atoms with van der Waals surface area (Å²) < 4.78 is 5.19. The van der Waals surface area contributed by atoms with Gasteiger partial charge in [-0.15, -0.1) is 0 Å². The minimum absolute atomic E-state index is 0.233. The molecule has 0 saturated carbocycles. The first-order valence-corrected chi connectivity index (χ1v) is 7.64. The number of thiocarbonyl (C=S) groups is 1. The molecule has 1 N–H and O–H groups in total. The number of hydrogen-bond donors (Lipinski definition) is 1. The Morgan fingerprint density at radius 1 is 1.22 bits per heavy atom. The van der Waals surface area contributed by atoms with Gasteiger partial charge in [0.2, 0.25) is 0 Å². The molecule has 0 atom stereocenters. The number of hydrogen-bond acceptors (Lipinski definition) is 3. The fourth-order valence-corrected chi connectivity index (χ4v) is 2.76. The normalized spacial score (nSPS) is 15.9. The Hall–Kier alpha value is -2.37. The number of carbonyl (C=O) groups is 1. The second-order valence-corrected chi connectivity index (χ2v) is 5.65. The predicted molar refractivity (Wildman–Crippen MR) is 95.6 cm³/mol. The average Bonchev–Trinajstić information content (AvgIpc) is 2.83. The van der Waals surface area contributed by atoms with Gasteiger partial charge in [-0.2, -0.15) is 0 Å². The molecular formula is C17H13ClN2O2S. The maximum absolute atomic E-state index is 12.7. The molecule has 3 rings (SSSR count). The van der Waals surface area contributed by atoms with Crippen molar-refractivity contribution in [1.82, 2.24) is 5.32 Å². The first kappa shape index (κ1) is 15.5. The van der Waals surface area contributed by atoms with Crippen LogP contribution in [0.3, 0.4) is 0 Å². The third-order valence-corrected chi connectivity index (χ3v) is 4.02. The molecule has 1 aliphatic heterocycles. The first-order chi connectivity index (χ1) is 11.1. The van der Waals surface area contributed by atoms with E-state index in [0.29, 0.717) is 27.3 Å². The summed E-state index contributed by atoms with van der Waals surface area (Å²) in [7, 11) is 1.57. The number of rotatable bonds is 3. The molecule has 0 radical (unpaired) electrons. The van der Waals surface area contributed by atoms with Crippen LogP contribution in [0, 0.1) is 0 Å². The fourth-order valence-electron chi connectivity index (χ4n) is 2.27. The molecule has 1 amide bonds. The number of halogens is 1. The summed E-state index contributed by atoms with van der Waals surface area (Å²) in [6.45, 7) is 0. The van der Waals surface area contributed by atoms with Gasteiger partial charge in [0.15, 0.2) is 5.11 Å². The number of nitrogens with one attached hydrogen (secondary N) is 1. The van der Waals surface area contributed by atoms with Crippen LogP contribution in [0.5, 0.6) is 5.75 Å². The van der Waals surface area contributed by atoms with Gasteiger partial charge in [-0.05, 0) is 42.1 Å². The molecule has 0 aliphatic carbocycles. The molecule has 2 aromatic rings. The Morgan fingerprint density at radius 3 is 2.74 bits per heavy atom. The zero-order valence-corrected chi connectivity index (χ0v) is 13.8. The fraction of sp³-hybridized carbons (Fsp3) is 0.0588. The molecule has 1 saturated heterocycles. The van der Waals surface area contributed by atoms with Gasteiger partial charge in [0.1, 0.15) is 11.4 Å². The van der Waals surface area contributed by atoms with E-state index in [1.165, 1.54) is 4.90 Å². The smallest absolute Gasteiger partial charge is 0.281 e. The van der Waals surface area contributed by atoms with Crippen molar-refractivity contribution in [3.63, 3.8) is 0 Å². The van der Waals surface area contributed by atoms with E-state index >= 15 is 0 Å². The average molecular weight is 345 g/mol. The molecule has 4 nitrogen and oxygen atoms in total. The van der Waals surface area contributed by atoms with E-state index in [2.05, 4.69) is 5.32 Å². The molecule has 6 heteroatoms. The highest BCUT2D eigenvalue weighted by molar-refractivity contribution is 7.80. The third-order valence-electron chi connectivity index (χ3n) is 3.39. The van der Waals surface area contributed by atoms with Gasteiger partial charge in [0.25, 0.3) is 5.91 Å². The molecule has 0 aromatic heterocycles. The van der Waals surface area contributed by atoms with E-state index in [4.69, 9.17) is 28.6 Å². The van der Waals surface area contributed by atoms with Crippen LogP contribution in [-0.2, 0) is 4.79 Å². The van der Waals surface area contributed by atoms with Crippen LogP contribution < -0.4 is 15.0 Å². The highest BCUT2D eigenvalue weighted by atomic mass is 35.5. The number of methoxy groups -OCH3 is 1.